The predicted octanol–water partition coefficient (Wildman–Crippen LogP) is 2.24. The van der Waals surface area contributed by atoms with Gasteiger partial charge in [0.15, 0.2) is 11.4 Å². The molecule has 0 atom stereocenters. The van der Waals surface area contributed by atoms with Crippen molar-refractivity contribution in [1.29, 1.82) is 5.26 Å². The van der Waals surface area contributed by atoms with Crippen LogP contribution in [0.25, 0.3) is 0 Å². The third-order valence-electron chi connectivity index (χ3n) is 2.18. The first-order valence-electron chi connectivity index (χ1n) is 5.05. The van der Waals surface area contributed by atoms with E-state index in [0.717, 1.165) is 5.56 Å². The van der Waals surface area contributed by atoms with Gasteiger partial charge in [-0.3, -0.25) is 0 Å². The van der Waals surface area contributed by atoms with Gasteiger partial charge >= 0.3 is 0 Å². The maximum absolute atomic E-state index is 9.28. The number of pyridine rings is 1. The van der Waals surface area contributed by atoms with Crippen LogP contribution >= 0.6 is 0 Å². The topological polar surface area (TPSA) is 66.1 Å². The van der Waals surface area contributed by atoms with Crippen LogP contribution in [0.2, 0.25) is 0 Å². The number of hydrogen-bond acceptors (Lipinski definition) is 4. The molecule has 4 nitrogen and oxygen atoms in total. The summed E-state index contributed by atoms with van der Waals surface area (Å²) < 4.78 is 5.45. The molecule has 1 N–H and O–H groups in total. The van der Waals surface area contributed by atoms with Gasteiger partial charge in [-0.05, 0) is 5.56 Å². The van der Waals surface area contributed by atoms with Gasteiger partial charge < -0.3 is 9.84 Å². The van der Waals surface area contributed by atoms with Crippen LogP contribution in [0.15, 0.2) is 42.6 Å². The van der Waals surface area contributed by atoms with Crippen molar-refractivity contribution >= 4 is 0 Å². The molecule has 0 aliphatic carbocycles. The molecule has 2 aromatic rings. The van der Waals surface area contributed by atoms with Gasteiger partial charge in [0.25, 0.3) is 0 Å². The Labute approximate surface area is 98.7 Å². The fourth-order valence-corrected chi connectivity index (χ4v) is 1.36. The Morgan fingerprint density at radius 3 is 2.76 bits per heavy atom. The Morgan fingerprint density at radius 2 is 2.06 bits per heavy atom. The van der Waals surface area contributed by atoms with Crippen molar-refractivity contribution in [1.82, 2.24) is 4.98 Å². The van der Waals surface area contributed by atoms with Crippen molar-refractivity contribution in [2.24, 2.45) is 0 Å². The molecule has 0 fully saturated rings. The van der Waals surface area contributed by atoms with E-state index in [9.17, 15) is 5.11 Å². The van der Waals surface area contributed by atoms with Gasteiger partial charge in [0, 0.05) is 6.07 Å². The van der Waals surface area contributed by atoms with Gasteiger partial charge in [0.05, 0.1) is 6.20 Å². The number of rotatable bonds is 3. The number of nitriles is 1. The normalized spacial score (nSPS) is 9.59. The lowest BCUT2D eigenvalue weighted by atomic mass is 10.2. The first-order chi connectivity index (χ1) is 8.29. The zero-order valence-corrected chi connectivity index (χ0v) is 9.00. The minimum Gasteiger partial charge on any atom is -0.506 e. The summed E-state index contributed by atoms with van der Waals surface area (Å²) in [4.78, 5) is 3.77. The van der Waals surface area contributed by atoms with E-state index < -0.39 is 0 Å². The summed E-state index contributed by atoms with van der Waals surface area (Å²) in [5, 5.41) is 18.1. The molecule has 0 bridgehead atoms. The van der Waals surface area contributed by atoms with Crippen LogP contribution in [0, 0.1) is 11.3 Å². The summed E-state index contributed by atoms with van der Waals surface area (Å²) in [7, 11) is 0. The molecule has 0 unspecified atom stereocenters. The molecule has 1 aromatic heterocycles. The number of aromatic hydroxyl groups is 1. The number of nitrogens with zero attached hydrogens (tertiary/aromatic N) is 2. The standard InChI is InChI=1S/C13H10N2O2/c14-7-12-13(6-11(16)8-15-12)17-9-10-4-2-1-3-5-10/h1-6,8,16H,9H2. The van der Waals surface area contributed by atoms with Crippen LogP contribution in [0.5, 0.6) is 11.5 Å². The van der Waals surface area contributed by atoms with Gasteiger partial charge in [-0.15, -0.1) is 0 Å². The average molecular weight is 226 g/mol. The maximum Gasteiger partial charge on any atom is 0.182 e. The molecule has 0 spiro atoms. The first-order valence-corrected chi connectivity index (χ1v) is 5.05. The van der Waals surface area contributed by atoms with Crippen molar-refractivity contribution < 1.29 is 9.84 Å². The second-order valence-corrected chi connectivity index (χ2v) is 3.43. The van der Waals surface area contributed by atoms with E-state index >= 15 is 0 Å². The highest BCUT2D eigenvalue weighted by atomic mass is 16.5. The minimum absolute atomic E-state index is 0.0212. The number of hydrogen-bond donors (Lipinski definition) is 1. The Balaban J connectivity index is 2.14. The highest BCUT2D eigenvalue weighted by Crippen LogP contribution is 2.21. The molecule has 0 aliphatic heterocycles. The largest absolute Gasteiger partial charge is 0.506 e. The molecular formula is C13H10N2O2. The minimum atomic E-state index is -0.0212. The lowest BCUT2D eigenvalue weighted by Gasteiger charge is -2.07. The zero-order valence-electron chi connectivity index (χ0n) is 9.00. The molecule has 2 rings (SSSR count). The monoisotopic (exact) mass is 226 g/mol. The van der Waals surface area contributed by atoms with E-state index in [1.54, 1.807) is 0 Å². The highest BCUT2D eigenvalue weighted by Gasteiger charge is 2.06. The molecule has 17 heavy (non-hydrogen) atoms. The van der Waals surface area contributed by atoms with E-state index in [0.29, 0.717) is 6.61 Å². The van der Waals surface area contributed by atoms with Crippen LogP contribution in [0.3, 0.4) is 0 Å². The fraction of sp³-hybridized carbons (Fsp3) is 0.0769. The Hall–Kier alpha value is -2.54. The third-order valence-corrected chi connectivity index (χ3v) is 2.18. The zero-order chi connectivity index (χ0) is 12.1. The van der Waals surface area contributed by atoms with Crippen molar-refractivity contribution in [3.05, 3.63) is 53.9 Å². The molecule has 84 valence electrons. The summed E-state index contributed by atoms with van der Waals surface area (Å²) in [5.74, 6) is 0.267. The van der Waals surface area contributed by atoms with Crippen molar-refractivity contribution in [2.75, 3.05) is 0 Å². The molecule has 0 amide bonds. The molecule has 0 saturated carbocycles. The quantitative estimate of drug-likeness (QED) is 0.871. The lowest BCUT2D eigenvalue weighted by Crippen LogP contribution is -1.98. The second-order valence-electron chi connectivity index (χ2n) is 3.43. The van der Waals surface area contributed by atoms with Gasteiger partial charge in [0.2, 0.25) is 0 Å². The highest BCUT2D eigenvalue weighted by molar-refractivity contribution is 5.41. The summed E-state index contributed by atoms with van der Waals surface area (Å²) in [6, 6.07) is 12.9. The summed E-state index contributed by atoms with van der Waals surface area (Å²) in [5.41, 5.74) is 1.15. The SMILES string of the molecule is N#Cc1ncc(O)cc1OCc1ccccc1. The number of ether oxygens (including phenoxy) is 1. The third kappa shape index (κ3) is 2.73. The van der Waals surface area contributed by atoms with E-state index in [2.05, 4.69) is 4.98 Å². The predicted molar refractivity (Wildman–Crippen MR) is 61.4 cm³/mol. The number of benzene rings is 1. The van der Waals surface area contributed by atoms with Gasteiger partial charge in [0.1, 0.15) is 18.4 Å². The van der Waals surface area contributed by atoms with Crippen molar-refractivity contribution in [2.45, 2.75) is 6.61 Å². The fourth-order valence-electron chi connectivity index (χ4n) is 1.36. The molecule has 0 radical (unpaired) electrons. The van der Waals surface area contributed by atoms with Gasteiger partial charge in [-0.25, -0.2) is 4.98 Å². The second kappa shape index (κ2) is 4.99. The Kier molecular flexibility index (Phi) is 3.22. The van der Waals surface area contributed by atoms with E-state index in [1.807, 2.05) is 36.4 Å². The van der Waals surface area contributed by atoms with E-state index in [4.69, 9.17) is 10.00 Å². The number of aromatic nitrogens is 1. The van der Waals surface area contributed by atoms with Gasteiger partial charge in [-0.2, -0.15) is 5.26 Å². The lowest BCUT2D eigenvalue weighted by molar-refractivity contribution is 0.302. The van der Waals surface area contributed by atoms with E-state index in [1.165, 1.54) is 12.3 Å². The van der Waals surface area contributed by atoms with Crippen LogP contribution in [0.1, 0.15) is 11.3 Å². The van der Waals surface area contributed by atoms with Gasteiger partial charge in [-0.1, -0.05) is 30.3 Å². The Morgan fingerprint density at radius 1 is 1.29 bits per heavy atom. The van der Waals surface area contributed by atoms with Crippen LogP contribution in [0.4, 0.5) is 0 Å². The molecular weight excluding hydrogens is 216 g/mol. The average Bonchev–Trinajstić information content (AvgIpc) is 2.38. The molecule has 1 aromatic carbocycles. The summed E-state index contributed by atoms with van der Waals surface area (Å²) in [6.07, 6.45) is 1.22. The molecule has 0 aliphatic rings. The van der Waals surface area contributed by atoms with E-state index in [-0.39, 0.29) is 17.2 Å². The summed E-state index contributed by atoms with van der Waals surface area (Å²) in [6.45, 7) is 0.334. The van der Waals surface area contributed by atoms with Crippen LogP contribution in [-0.4, -0.2) is 10.1 Å². The smallest absolute Gasteiger partial charge is 0.182 e. The van der Waals surface area contributed by atoms with Crippen molar-refractivity contribution in [3.63, 3.8) is 0 Å². The van der Waals surface area contributed by atoms with Crippen molar-refractivity contribution in [3.8, 4) is 17.6 Å². The van der Waals surface area contributed by atoms with Crippen LogP contribution < -0.4 is 4.74 Å². The summed E-state index contributed by atoms with van der Waals surface area (Å²) >= 11 is 0. The molecule has 0 saturated heterocycles. The first kappa shape index (κ1) is 11.0. The molecule has 4 heteroatoms. The van der Waals surface area contributed by atoms with Crippen LogP contribution in [-0.2, 0) is 6.61 Å². The Bertz CT molecular complexity index is 547. The molecule has 1 heterocycles. The maximum atomic E-state index is 9.28.